The van der Waals surface area contributed by atoms with Crippen LogP contribution in [0.3, 0.4) is 0 Å². The number of benzene rings is 1. The Morgan fingerprint density at radius 1 is 1.29 bits per heavy atom. The molecular formula is C22H28N4O2. The topological polar surface area (TPSA) is 50.6 Å². The first-order valence-electron chi connectivity index (χ1n) is 10.2. The van der Waals surface area contributed by atoms with Crippen LogP contribution in [0.25, 0.3) is 0 Å². The van der Waals surface area contributed by atoms with Gasteiger partial charge in [-0.25, -0.2) is 0 Å². The van der Waals surface area contributed by atoms with Crippen LogP contribution >= 0.6 is 0 Å². The molecule has 4 heterocycles. The van der Waals surface area contributed by atoms with Gasteiger partial charge in [-0.3, -0.25) is 14.4 Å². The monoisotopic (exact) mass is 380 g/mol. The number of aryl methyl sites for hydroxylation is 1. The molecule has 1 amide bonds. The Bertz CT molecular complexity index is 906. The number of hydrogen-bond donors (Lipinski definition) is 0. The molecule has 1 aromatic carbocycles. The van der Waals surface area contributed by atoms with Crippen LogP contribution in [-0.4, -0.2) is 51.2 Å². The summed E-state index contributed by atoms with van der Waals surface area (Å²) in [5.41, 5.74) is 3.39. The summed E-state index contributed by atoms with van der Waals surface area (Å²) in [6, 6.07) is 8.39. The van der Waals surface area contributed by atoms with Crippen LogP contribution in [0, 0.1) is 12.8 Å². The molecule has 6 heteroatoms. The Balaban J connectivity index is 1.40. The van der Waals surface area contributed by atoms with Crippen LogP contribution in [-0.2, 0) is 18.4 Å². The van der Waals surface area contributed by atoms with Crippen LogP contribution in [0.15, 0.2) is 30.5 Å². The molecule has 3 aliphatic heterocycles. The Hall–Kier alpha value is -2.34. The van der Waals surface area contributed by atoms with Gasteiger partial charge in [0.1, 0.15) is 11.3 Å². The van der Waals surface area contributed by atoms with E-state index in [0.717, 1.165) is 43.7 Å². The number of methoxy groups -OCH3 is 1. The van der Waals surface area contributed by atoms with E-state index < -0.39 is 0 Å². The molecule has 0 unspecified atom stereocenters. The van der Waals surface area contributed by atoms with Crippen molar-refractivity contribution < 1.29 is 9.53 Å². The maximum absolute atomic E-state index is 13.6. The van der Waals surface area contributed by atoms with Gasteiger partial charge in [-0.2, -0.15) is 5.10 Å². The van der Waals surface area contributed by atoms with Crippen LogP contribution in [0.5, 0.6) is 5.75 Å². The zero-order valence-corrected chi connectivity index (χ0v) is 16.9. The van der Waals surface area contributed by atoms with Gasteiger partial charge in [-0.05, 0) is 50.4 Å². The van der Waals surface area contributed by atoms with Crippen molar-refractivity contribution in [1.82, 2.24) is 19.6 Å². The van der Waals surface area contributed by atoms with Crippen molar-refractivity contribution >= 4 is 5.91 Å². The minimum Gasteiger partial charge on any atom is -0.497 e. The van der Waals surface area contributed by atoms with Gasteiger partial charge in [0.2, 0.25) is 5.91 Å². The third-order valence-electron chi connectivity index (χ3n) is 7.29. The van der Waals surface area contributed by atoms with Gasteiger partial charge < -0.3 is 9.64 Å². The van der Waals surface area contributed by atoms with Gasteiger partial charge in [0.25, 0.3) is 0 Å². The minimum absolute atomic E-state index is 0.292. The molecule has 3 atom stereocenters. The highest BCUT2D eigenvalue weighted by atomic mass is 16.5. The standard InChI is InChI=1S/C22H28N4O2/c1-15-19(12-23-24(15)2)20-11-17-14-25(13-16-5-7-18(28-3)8-6-16)21(27)22(17)9-4-10-26(20)22/h5-8,12,17,20H,4,9-11,13-14H2,1-3H3/t17-,20-,22-/m0/s1. The summed E-state index contributed by atoms with van der Waals surface area (Å²) >= 11 is 0. The molecule has 3 fully saturated rings. The van der Waals surface area contributed by atoms with Crippen LogP contribution < -0.4 is 4.74 Å². The molecule has 1 aromatic heterocycles. The summed E-state index contributed by atoms with van der Waals surface area (Å²) in [6.07, 6.45) is 5.16. The molecule has 6 nitrogen and oxygen atoms in total. The molecule has 3 aliphatic rings. The number of likely N-dealkylation sites (tertiary alicyclic amines) is 1. The van der Waals surface area contributed by atoms with Gasteiger partial charge >= 0.3 is 0 Å². The maximum atomic E-state index is 13.6. The van der Waals surface area contributed by atoms with Gasteiger partial charge in [0.15, 0.2) is 0 Å². The molecule has 0 aliphatic carbocycles. The molecule has 0 saturated carbocycles. The molecule has 28 heavy (non-hydrogen) atoms. The summed E-state index contributed by atoms with van der Waals surface area (Å²) in [4.78, 5) is 18.2. The lowest BCUT2D eigenvalue weighted by Crippen LogP contribution is -2.49. The molecule has 0 N–H and O–H groups in total. The van der Waals surface area contributed by atoms with E-state index in [4.69, 9.17) is 4.74 Å². The average Bonchev–Trinajstić information content (AvgIpc) is 3.41. The van der Waals surface area contributed by atoms with E-state index in [1.54, 1.807) is 7.11 Å². The second kappa shape index (κ2) is 6.34. The fourth-order valence-corrected chi connectivity index (χ4v) is 5.80. The Kier molecular flexibility index (Phi) is 4.02. The number of nitrogens with zero attached hydrogens (tertiary/aromatic N) is 4. The van der Waals surface area contributed by atoms with Crippen molar-refractivity contribution in [3.63, 3.8) is 0 Å². The highest BCUT2D eigenvalue weighted by Crippen LogP contribution is 2.56. The molecule has 0 radical (unpaired) electrons. The zero-order valence-electron chi connectivity index (χ0n) is 16.9. The lowest BCUT2D eigenvalue weighted by Gasteiger charge is -2.33. The molecule has 5 rings (SSSR count). The second-order valence-corrected chi connectivity index (χ2v) is 8.51. The van der Waals surface area contributed by atoms with Crippen molar-refractivity contribution in [1.29, 1.82) is 0 Å². The minimum atomic E-state index is -0.292. The lowest BCUT2D eigenvalue weighted by atomic mass is 9.85. The first-order valence-corrected chi connectivity index (χ1v) is 10.2. The van der Waals surface area contributed by atoms with Gasteiger partial charge in [-0.15, -0.1) is 0 Å². The number of aromatic nitrogens is 2. The first kappa shape index (κ1) is 17.7. The summed E-state index contributed by atoms with van der Waals surface area (Å²) < 4.78 is 7.20. The Morgan fingerprint density at radius 3 is 2.75 bits per heavy atom. The predicted octanol–water partition coefficient (Wildman–Crippen LogP) is 2.68. The molecule has 0 bridgehead atoms. The van der Waals surface area contributed by atoms with E-state index >= 15 is 0 Å². The van der Waals surface area contributed by atoms with E-state index in [2.05, 4.69) is 34.0 Å². The van der Waals surface area contributed by atoms with Crippen molar-refractivity contribution in [2.45, 2.75) is 44.3 Å². The van der Waals surface area contributed by atoms with E-state index in [1.807, 2.05) is 30.1 Å². The van der Waals surface area contributed by atoms with Crippen molar-refractivity contribution in [2.24, 2.45) is 13.0 Å². The van der Waals surface area contributed by atoms with E-state index in [-0.39, 0.29) is 5.54 Å². The highest BCUT2D eigenvalue weighted by Gasteiger charge is 2.65. The number of ether oxygens (including phenoxy) is 1. The van der Waals surface area contributed by atoms with Crippen molar-refractivity contribution in [3.05, 3.63) is 47.3 Å². The first-order chi connectivity index (χ1) is 13.5. The Labute approximate surface area is 166 Å². The van der Waals surface area contributed by atoms with E-state index in [0.29, 0.717) is 24.4 Å². The molecule has 3 saturated heterocycles. The van der Waals surface area contributed by atoms with Gasteiger partial charge in [-0.1, -0.05) is 12.1 Å². The molecule has 1 spiro atoms. The fourth-order valence-electron chi connectivity index (χ4n) is 5.80. The van der Waals surface area contributed by atoms with E-state index in [1.165, 1.54) is 11.3 Å². The van der Waals surface area contributed by atoms with Gasteiger partial charge in [0, 0.05) is 43.4 Å². The quantitative estimate of drug-likeness (QED) is 0.818. The number of hydrogen-bond acceptors (Lipinski definition) is 4. The highest BCUT2D eigenvalue weighted by molar-refractivity contribution is 5.90. The fraction of sp³-hybridized carbons (Fsp3) is 0.545. The number of rotatable bonds is 4. The van der Waals surface area contributed by atoms with Gasteiger partial charge in [0.05, 0.1) is 13.3 Å². The lowest BCUT2D eigenvalue weighted by molar-refractivity contribution is -0.137. The SMILES string of the molecule is COc1ccc(CN2C[C@@H]3C[C@@H](c4cnn(C)c4C)N4CCC[C@@]34C2=O)cc1. The molecular weight excluding hydrogens is 352 g/mol. The third-order valence-corrected chi connectivity index (χ3v) is 7.29. The van der Waals surface area contributed by atoms with Crippen molar-refractivity contribution in [2.75, 3.05) is 20.2 Å². The summed E-state index contributed by atoms with van der Waals surface area (Å²) in [7, 11) is 3.67. The predicted molar refractivity (Wildman–Crippen MR) is 106 cm³/mol. The normalized spacial score (nSPS) is 29.4. The largest absolute Gasteiger partial charge is 0.497 e. The second-order valence-electron chi connectivity index (χ2n) is 8.51. The third kappa shape index (κ3) is 2.37. The zero-order chi connectivity index (χ0) is 19.5. The molecule has 2 aromatic rings. The average molecular weight is 380 g/mol. The number of carbonyl (C=O) groups is 1. The van der Waals surface area contributed by atoms with Crippen molar-refractivity contribution in [3.8, 4) is 5.75 Å². The maximum Gasteiger partial charge on any atom is 0.243 e. The summed E-state index contributed by atoms with van der Waals surface area (Å²) in [5.74, 6) is 1.59. The molecule has 148 valence electrons. The smallest absolute Gasteiger partial charge is 0.243 e. The van der Waals surface area contributed by atoms with Crippen LogP contribution in [0.4, 0.5) is 0 Å². The van der Waals surface area contributed by atoms with Crippen LogP contribution in [0.2, 0.25) is 0 Å². The summed E-state index contributed by atoms with van der Waals surface area (Å²) in [5, 5.41) is 4.45. The summed E-state index contributed by atoms with van der Waals surface area (Å²) in [6.45, 7) is 4.69. The Morgan fingerprint density at radius 2 is 2.07 bits per heavy atom. The number of amides is 1. The van der Waals surface area contributed by atoms with Crippen LogP contribution in [0.1, 0.15) is 42.1 Å². The van der Waals surface area contributed by atoms with E-state index in [9.17, 15) is 4.79 Å². The number of carbonyl (C=O) groups excluding carboxylic acids is 1.